The Morgan fingerprint density at radius 1 is 1.35 bits per heavy atom. The van der Waals surface area contributed by atoms with Crippen LogP contribution in [-0.2, 0) is 10.0 Å². The van der Waals surface area contributed by atoms with Crippen LogP contribution in [0.1, 0.15) is 20.3 Å². The van der Waals surface area contributed by atoms with Crippen molar-refractivity contribution in [3.63, 3.8) is 0 Å². The molecule has 0 aromatic heterocycles. The number of anilines is 1. The van der Waals surface area contributed by atoms with Gasteiger partial charge in [0, 0.05) is 5.69 Å². The van der Waals surface area contributed by atoms with Gasteiger partial charge in [-0.15, -0.1) is 0 Å². The summed E-state index contributed by atoms with van der Waals surface area (Å²) in [5.74, 6) is 0.912. The Kier molecular flexibility index (Phi) is 5.82. The van der Waals surface area contributed by atoms with Crippen LogP contribution < -0.4 is 15.2 Å². The van der Waals surface area contributed by atoms with Crippen molar-refractivity contribution in [1.82, 2.24) is 0 Å². The van der Waals surface area contributed by atoms with Crippen molar-refractivity contribution in [3.05, 3.63) is 24.3 Å². The van der Waals surface area contributed by atoms with Crippen LogP contribution >= 0.6 is 0 Å². The smallest absolute Gasteiger partial charge is 0.232 e. The van der Waals surface area contributed by atoms with E-state index in [1.165, 1.54) is 0 Å². The first-order chi connectivity index (χ1) is 9.28. The number of sulfonamides is 1. The number of hydrogen-bond acceptors (Lipinski definition) is 4. The summed E-state index contributed by atoms with van der Waals surface area (Å²) < 4.78 is 31.4. The molecule has 4 N–H and O–H groups in total. The van der Waals surface area contributed by atoms with Crippen LogP contribution in [0.4, 0.5) is 5.69 Å². The molecule has 6 nitrogen and oxygen atoms in total. The molecule has 0 aliphatic rings. The maximum absolute atomic E-state index is 11.8. The monoisotopic (exact) mass is 299 g/mol. The SMILES string of the molecule is CC(C)CCS(=O)(=O)Nc1ccc(OCC(=N)N)cc1. The second kappa shape index (κ2) is 7.14. The average Bonchev–Trinajstić information content (AvgIpc) is 2.35. The first-order valence-electron chi connectivity index (χ1n) is 6.35. The quantitative estimate of drug-likeness (QED) is 0.502. The fourth-order valence-corrected chi connectivity index (χ4v) is 2.78. The molecule has 1 aromatic rings. The van der Waals surface area contributed by atoms with Crippen LogP contribution in [0.5, 0.6) is 5.75 Å². The predicted octanol–water partition coefficient (Wildman–Crippen LogP) is 1.79. The van der Waals surface area contributed by atoms with E-state index in [4.69, 9.17) is 15.9 Å². The molecule has 0 bridgehead atoms. The molecule has 0 aliphatic heterocycles. The largest absolute Gasteiger partial charge is 0.486 e. The van der Waals surface area contributed by atoms with E-state index in [-0.39, 0.29) is 18.2 Å². The zero-order valence-electron chi connectivity index (χ0n) is 11.7. The van der Waals surface area contributed by atoms with Gasteiger partial charge in [-0.25, -0.2) is 8.42 Å². The predicted molar refractivity (Wildman–Crippen MR) is 80.7 cm³/mol. The maximum Gasteiger partial charge on any atom is 0.232 e. The van der Waals surface area contributed by atoms with E-state index >= 15 is 0 Å². The average molecular weight is 299 g/mol. The third kappa shape index (κ3) is 6.42. The van der Waals surface area contributed by atoms with Gasteiger partial charge in [0.15, 0.2) is 0 Å². The van der Waals surface area contributed by atoms with Gasteiger partial charge in [-0.3, -0.25) is 10.1 Å². The van der Waals surface area contributed by atoms with Crippen molar-refractivity contribution >= 4 is 21.5 Å². The highest BCUT2D eigenvalue weighted by atomic mass is 32.2. The van der Waals surface area contributed by atoms with Crippen molar-refractivity contribution in [2.75, 3.05) is 17.1 Å². The molecule has 0 amide bonds. The number of amidine groups is 1. The molecule has 0 heterocycles. The summed E-state index contributed by atoms with van der Waals surface area (Å²) in [5.41, 5.74) is 5.67. The van der Waals surface area contributed by atoms with E-state index in [0.717, 1.165) is 0 Å². The lowest BCUT2D eigenvalue weighted by Gasteiger charge is -2.10. The molecule has 20 heavy (non-hydrogen) atoms. The van der Waals surface area contributed by atoms with Gasteiger partial charge in [-0.05, 0) is 36.6 Å². The third-order valence-corrected chi connectivity index (χ3v) is 3.81. The molecule has 0 saturated carbocycles. The van der Waals surface area contributed by atoms with Gasteiger partial charge >= 0.3 is 0 Å². The molecule has 0 radical (unpaired) electrons. The lowest BCUT2D eigenvalue weighted by molar-refractivity contribution is 0.374. The van der Waals surface area contributed by atoms with Crippen LogP contribution in [0.3, 0.4) is 0 Å². The van der Waals surface area contributed by atoms with Gasteiger partial charge in [0.2, 0.25) is 10.0 Å². The minimum Gasteiger partial charge on any atom is -0.486 e. The van der Waals surface area contributed by atoms with Crippen molar-refractivity contribution in [1.29, 1.82) is 5.41 Å². The van der Waals surface area contributed by atoms with Gasteiger partial charge in [0.25, 0.3) is 0 Å². The van der Waals surface area contributed by atoms with Gasteiger partial charge < -0.3 is 10.5 Å². The summed E-state index contributed by atoms with van der Waals surface area (Å²) in [6.07, 6.45) is 0.620. The summed E-state index contributed by atoms with van der Waals surface area (Å²) in [4.78, 5) is 0. The van der Waals surface area contributed by atoms with Crippen LogP contribution in [0, 0.1) is 11.3 Å². The maximum atomic E-state index is 11.8. The van der Waals surface area contributed by atoms with E-state index in [1.54, 1.807) is 24.3 Å². The Morgan fingerprint density at radius 2 is 1.95 bits per heavy atom. The highest BCUT2D eigenvalue weighted by Crippen LogP contribution is 2.17. The molecular formula is C13H21N3O3S. The Hall–Kier alpha value is -1.76. The minimum atomic E-state index is -3.31. The van der Waals surface area contributed by atoms with E-state index in [2.05, 4.69) is 4.72 Å². The van der Waals surface area contributed by atoms with Crippen LogP contribution in [-0.4, -0.2) is 26.6 Å². The third-order valence-electron chi connectivity index (χ3n) is 2.49. The zero-order chi connectivity index (χ0) is 15.2. The topological polar surface area (TPSA) is 105 Å². The fraction of sp³-hybridized carbons (Fsp3) is 0.462. The Morgan fingerprint density at radius 3 is 2.45 bits per heavy atom. The van der Waals surface area contributed by atoms with E-state index in [9.17, 15) is 8.42 Å². The number of nitrogens with two attached hydrogens (primary N) is 1. The molecule has 0 atom stereocenters. The zero-order valence-corrected chi connectivity index (χ0v) is 12.5. The molecule has 1 rings (SSSR count). The van der Waals surface area contributed by atoms with Gasteiger partial charge in [0.1, 0.15) is 18.2 Å². The molecule has 1 aromatic carbocycles. The fourth-order valence-electron chi connectivity index (χ4n) is 1.40. The number of ether oxygens (including phenoxy) is 1. The summed E-state index contributed by atoms with van der Waals surface area (Å²) >= 11 is 0. The Bertz CT molecular complexity index is 538. The highest BCUT2D eigenvalue weighted by molar-refractivity contribution is 7.92. The number of rotatable bonds is 8. The number of benzene rings is 1. The van der Waals surface area contributed by atoms with E-state index < -0.39 is 10.0 Å². The summed E-state index contributed by atoms with van der Waals surface area (Å²) in [6, 6.07) is 6.48. The number of hydrogen-bond donors (Lipinski definition) is 3. The van der Waals surface area contributed by atoms with Gasteiger partial charge in [-0.2, -0.15) is 0 Å². The molecular weight excluding hydrogens is 278 g/mol. The molecule has 7 heteroatoms. The van der Waals surface area contributed by atoms with Gasteiger partial charge in [-0.1, -0.05) is 13.8 Å². The molecule has 0 saturated heterocycles. The molecule has 0 aliphatic carbocycles. The minimum absolute atomic E-state index is 0.0134. The first kappa shape index (κ1) is 16.3. The number of nitrogens with one attached hydrogen (secondary N) is 2. The Balaban J connectivity index is 2.58. The van der Waals surface area contributed by atoms with Crippen molar-refractivity contribution in [3.8, 4) is 5.75 Å². The molecule has 0 spiro atoms. The summed E-state index contributed by atoms with van der Waals surface area (Å²) in [7, 11) is -3.31. The Labute approximate surface area is 119 Å². The van der Waals surface area contributed by atoms with E-state index in [0.29, 0.717) is 23.8 Å². The van der Waals surface area contributed by atoms with Crippen LogP contribution in [0.25, 0.3) is 0 Å². The summed E-state index contributed by atoms with van der Waals surface area (Å²) in [5, 5.41) is 7.05. The molecule has 0 fully saturated rings. The molecule has 0 unspecified atom stereocenters. The van der Waals surface area contributed by atoms with Crippen LogP contribution in [0.15, 0.2) is 24.3 Å². The second-order valence-electron chi connectivity index (χ2n) is 4.94. The lowest BCUT2D eigenvalue weighted by Crippen LogP contribution is -2.19. The van der Waals surface area contributed by atoms with E-state index in [1.807, 2.05) is 13.8 Å². The van der Waals surface area contributed by atoms with Crippen molar-refractivity contribution < 1.29 is 13.2 Å². The normalized spacial score (nSPS) is 11.3. The standard InChI is InChI=1S/C13H21N3O3S/c1-10(2)7-8-20(17,18)16-11-3-5-12(6-4-11)19-9-13(14)15/h3-6,10,16H,7-9H2,1-2H3,(H3,14,15). The van der Waals surface area contributed by atoms with Crippen LogP contribution in [0.2, 0.25) is 0 Å². The lowest BCUT2D eigenvalue weighted by atomic mass is 10.2. The van der Waals surface area contributed by atoms with Crippen molar-refractivity contribution in [2.24, 2.45) is 11.7 Å². The first-order valence-corrected chi connectivity index (χ1v) is 8.00. The highest BCUT2D eigenvalue weighted by Gasteiger charge is 2.11. The van der Waals surface area contributed by atoms with Gasteiger partial charge in [0.05, 0.1) is 5.75 Å². The second-order valence-corrected chi connectivity index (χ2v) is 6.78. The van der Waals surface area contributed by atoms with Crippen molar-refractivity contribution in [2.45, 2.75) is 20.3 Å². The summed E-state index contributed by atoms with van der Waals surface area (Å²) in [6.45, 7) is 3.98. The molecule has 112 valence electrons.